The number of nitrogens with zero attached hydrogens (tertiary/aromatic N) is 5. The van der Waals surface area contributed by atoms with Crippen molar-refractivity contribution in [3.05, 3.63) is 54.1 Å². The van der Waals surface area contributed by atoms with Crippen LogP contribution in [0.1, 0.15) is 6.42 Å². The zero-order valence-corrected chi connectivity index (χ0v) is 15.4. The van der Waals surface area contributed by atoms with Crippen LogP contribution in [0, 0.1) is 0 Å². The number of rotatable bonds is 2. The predicted octanol–water partition coefficient (Wildman–Crippen LogP) is 2.42. The van der Waals surface area contributed by atoms with Crippen LogP contribution in [0.25, 0.3) is 0 Å². The quantitative estimate of drug-likeness (QED) is 0.801. The molecule has 4 rings (SSSR count). The number of aliphatic imine (C=N–C) groups is 2. The Morgan fingerprint density at radius 1 is 1.29 bits per heavy atom. The lowest BCUT2D eigenvalue weighted by molar-refractivity contribution is 0.180. The summed E-state index contributed by atoms with van der Waals surface area (Å²) in [4.78, 5) is 29.3. The summed E-state index contributed by atoms with van der Waals surface area (Å²) < 4.78 is 14.1. The fraction of sp³-hybridized carbons (Fsp3) is 0.350. The van der Waals surface area contributed by atoms with Crippen LogP contribution in [0.3, 0.4) is 0 Å². The van der Waals surface area contributed by atoms with Gasteiger partial charge in [0.05, 0.1) is 17.6 Å². The van der Waals surface area contributed by atoms with E-state index in [9.17, 15) is 9.18 Å². The number of urea groups is 1. The number of hydrogen-bond acceptors (Lipinski definition) is 5. The van der Waals surface area contributed by atoms with E-state index in [1.165, 1.54) is 6.08 Å². The van der Waals surface area contributed by atoms with Crippen LogP contribution in [0.15, 0.2) is 64.0 Å². The SMILES string of the molecule is O=C(Nc1cccnc1)N1CCN(C2=NCCC(C3=CC=C=CC3F)=N2)CC1. The van der Waals surface area contributed by atoms with Gasteiger partial charge in [0, 0.05) is 50.9 Å². The van der Waals surface area contributed by atoms with E-state index in [2.05, 4.69) is 30.9 Å². The smallest absolute Gasteiger partial charge is 0.322 e. The van der Waals surface area contributed by atoms with E-state index in [-0.39, 0.29) is 6.03 Å². The second-order valence-electron chi connectivity index (χ2n) is 6.66. The van der Waals surface area contributed by atoms with Gasteiger partial charge in [0.25, 0.3) is 0 Å². The molecule has 0 saturated carbocycles. The average Bonchev–Trinajstić information content (AvgIpc) is 2.75. The summed E-state index contributed by atoms with van der Waals surface area (Å²) >= 11 is 0. The Hall–Kier alpha value is -3.25. The van der Waals surface area contributed by atoms with Gasteiger partial charge in [0.15, 0.2) is 6.17 Å². The molecule has 1 N–H and O–H groups in total. The minimum absolute atomic E-state index is 0.145. The molecular formula is C20H21FN6O. The zero-order valence-electron chi connectivity index (χ0n) is 15.4. The number of amides is 2. The van der Waals surface area contributed by atoms with Gasteiger partial charge in [0.2, 0.25) is 5.96 Å². The molecule has 3 heterocycles. The van der Waals surface area contributed by atoms with Crippen molar-refractivity contribution in [2.24, 2.45) is 9.98 Å². The van der Waals surface area contributed by atoms with Gasteiger partial charge in [-0.3, -0.25) is 9.98 Å². The van der Waals surface area contributed by atoms with E-state index in [1.807, 2.05) is 0 Å². The third-order valence-corrected chi connectivity index (χ3v) is 4.83. The lowest BCUT2D eigenvalue weighted by atomic mass is 9.99. The fourth-order valence-electron chi connectivity index (χ4n) is 3.32. The number of anilines is 1. The number of pyridine rings is 1. The normalized spacial score (nSPS) is 21.8. The number of allylic oxidation sites excluding steroid dienone is 3. The molecule has 144 valence electrons. The molecule has 1 atom stereocenters. The van der Waals surface area contributed by atoms with Crippen LogP contribution in [0.5, 0.6) is 0 Å². The second-order valence-corrected chi connectivity index (χ2v) is 6.66. The first kappa shape index (κ1) is 18.1. The van der Waals surface area contributed by atoms with Crippen molar-refractivity contribution in [3.63, 3.8) is 0 Å². The fourth-order valence-corrected chi connectivity index (χ4v) is 3.32. The zero-order chi connectivity index (χ0) is 19.3. The number of carbonyl (C=O) groups excluding carboxylic acids is 1. The van der Waals surface area contributed by atoms with Crippen LogP contribution in [-0.4, -0.2) is 71.4 Å². The molecule has 1 fully saturated rings. The van der Waals surface area contributed by atoms with E-state index in [4.69, 9.17) is 0 Å². The standard InChI is InChI=1S/C20H21FN6O/c21-17-6-2-1-5-16(17)18-7-9-23-19(25-18)26-10-12-27(13-11-26)20(28)24-15-4-3-8-22-14-15/h1,3-6,8,14,17H,7,9-13H2,(H,24,28). The molecular weight excluding hydrogens is 359 g/mol. The van der Waals surface area contributed by atoms with E-state index >= 15 is 0 Å². The molecule has 0 bridgehead atoms. The molecule has 1 aliphatic carbocycles. The minimum atomic E-state index is -1.17. The third-order valence-electron chi connectivity index (χ3n) is 4.83. The Morgan fingerprint density at radius 3 is 2.89 bits per heavy atom. The number of alkyl halides is 1. The Balaban J connectivity index is 1.36. The van der Waals surface area contributed by atoms with Crippen molar-refractivity contribution in [1.82, 2.24) is 14.8 Å². The number of guanidine groups is 1. The van der Waals surface area contributed by atoms with E-state index in [0.717, 1.165) is 5.71 Å². The molecule has 2 amide bonds. The topological polar surface area (TPSA) is 73.2 Å². The van der Waals surface area contributed by atoms with Crippen LogP contribution < -0.4 is 5.32 Å². The highest BCUT2D eigenvalue weighted by Gasteiger charge is 2.26. The van der Waals surface area contributed by atoms with Crippen molar-refractivity contribution in [3.8, 4) is 0 Å². The highest BCUT2D eigenvalue weighted by molar-refractivity contribution is 6.09. The Morgan fingerprint density at radius 2 is 2.14 bits per heavy atom. The molecule has 8 heteroatoms. The number of hydrogen-bond donors (Lipinski definition) is 1. The summed E-state index contributed by atoms with van der Waals surface area (Å²) in [6, 6.07) is 3.43. The maximum atomic E-state index is 14.1. The maximum Gasteiger partial charge on any atom is 0.322 e. The Kier molecular flexibility index (Phi) is 5.30. The molecule has 3 aliphatic rings. The Labute approximate surface area is 162 Å². The first-order valence-corrected chi connectivity index (χ1v) is 9.31. The highest BCUT2D eigenvalue weighted by atomic mass is 19.1. The first-order valence-electron chi connectivity index (χ1n) is 9.31. The average molecular weight is 380 g/mol. The number of piperazine rings is 1. The molecule has 28 heavy (non-hydrogen) atoms. The Bertz CT molecular complexity index is 893. The largest absolute Gasteiger partial charge is 0.338 e. The van der Waals surface area contributed by atoms with Gasteiger partial charge in [-0.2, -0.15) is 0 Å². The molecule has 1 unspecified atom stereocenters. The molecule has 1 aromatic rings. The molecule has 1 saturated heterocycles. The number of nitrogens with one attached hydrogen (secondary N) is 1. The predicted molar refractivity (Wildman–Crippen MR) is 106 cm³/mol. The highest BCUT2D eigenvalue weighted by Crippen LogP contribution is 2.19. The molecule has 1 aromatic heterocycles. The van der Waals surface area contributed by atoms with Crippen LogP contribution in [0.2, 0.25) is 0 Å². The number of halogens is 1. The van der Waals surface area contributed by atoms with E-state index in [1.54, 1.807) is 41.6 Å². The molecule has 0 spiro atoms. The van der Waals surface area contributed by atoms with Crippen molar-refractivity contribution < 1.29 is 9.18 Å². The lowest BCUT2D eigenvalue weighted by Crippen LogP contribution is -2.51. The first-order chi connectivity index (χ1) is 13.7. The summed E-state index contributed by atoms with van der Waals surface area (Å²) in [5.41, 5.74) is 4.76. The van der Waals surface area contributed by atoms with Crippen molar-refractivity contribution in [1.29, 1.82) is 0 Å². The van der Waals surface area contributed by atoms with Crippen LogP contribution in [0.4, 0.5) is 14.9 Å². The van der Waals surface area contributed by atoms with Crippen LogP contribution >= 0.6 is 0 Å². The van der Waals surface area contributed by atoms with Gasteiger partial charge < -0.3 is 15.1 Å². The van der Waals surface area contributed by atoms with Gasteiger partial charge in [0.1, 0.15) is 0 Å². The molecule has 2 aliphatic heterocycles. The van der Waals surface area contributed by atoms with Gasteiger partial charge in [-0.1, -0.05) is 0 Å². The van der Waals surface area contributed by atoms with Gasteiger partial charge in [-0.25, -0.2) is 14.2 Å². The summed E-state index contributed by atoms with van der Waals surface area (Å²) in [6.07, 6.45) is 7.58. The maximum absolute atomic E-state index is 14.1. The number of aromatic nitrogens is 1. The van der Waals surface area contributed by atoms with Crippen LogP contribution in [-0.2, 0) is 0 Å². The van der Waals surface area contributed by atoms with E-state index in [0.29, 0.717) is 56.4 Å². The minimum Gasteiger partial charge on any atom is -0.338 e. The van der Waals surface area contributed by atoms with Gasteiger partial charge in [-0.05, 0) is 30.4 Å². The molecule has 7 nitrogen and oxygen atoms in total. The van der Waals surface area contributed by atoms with Gasteiger partial charge in [-0.15, -0.1) is 5.73 Å². The van der Waals surface area contributed by atoms with Crippen molar-refractivity contribution in [2.75, 3.05) is 38.0 Å². The molecule has 0 aromatic carbocycles. The summed E-state index contributed by atoms with van der Waals surface area (Å²) in [5.74, 6) is 0.625. The van der Waals surface area contributed by atoms with E-state index < -0.39 is 6.17 Å². The van der Waals surface area contributed by atoms with Gasteiger partial charge >= 0.3 is 6.03 Å². The summed E-state index contributed by atoms with van der Waals surface area (Å²) in [6.45, 7) is 2.99. The summed E-state index contributed by atoms with van der Waals surface area (Å²) in [7, 11) is 0. The summed E-state index contributed by atoms with van der Waals surface area (Å²) in [5, 5.41) is 2.85. The lowest BCUT2D eigenvalue weighted by Gasteiger charge is -2.36. The van der Waals surface area contributed by atoms with Crippen molar-refractivity contribution in [2.45, 2.75) is 12.6 Å². The molecule has 0 radical (unpaired) electrons. The van der Waals surface area contributed by atoms with Crippen molar-refractivity contribution >= 4 is 23.4 Å². The second kappa shape index (κ2) is 8.19. The third kappa shape index (κ3) is 4.02. The monoisotopic (exact) mass is 380 g/mol. The number of carbonyl (C=O) groups is 1.